The number of carboxylic acids is 1. The van der Waals surface area contributed by atoms with Gasteiger partial charge in [0.1, 0.15) is 0 Å². The molecule has 1 atom stereocenters. The summed E-state index contributed by atoms with van der Waals surface area (Å²) in [5.74, 6) is 0.0255. The van der Waals surface area contributed by atoms with Gasteiger partial charge in [0.2, 0.25) is 0 Å². The molecule has 0 saturated heterocycles. The number of rotatable bonds is 6. The fourth-order valence-electron chi connectivity index (χ4n) is 0.829. The molecule has 0 aromatic heterocycles. The van der Waals surface area contributed by atoms with Crippen LogP contribution in [0, 0.1) is 5.92 Å². The second kappa shape index (κ2) is 11.5. The lowest BCUT2D eigenvalue weighted by molar-refractivity contribution is -0.137. The fraction of sp³-hybridized carbons (Fsp3) is 0.909. The summed E-state index contributed by atoms with van der Waals surface area (Å²) < 4.78 is 0. The first-order valence-electron chi connectivity index (χ1n) is 5.40. The maximum atomic E-state index is 10.0. The predicted octanol–water partition coefficient (Wildman–Crippen LogP) is 1.65. The molecule has 0 aromatic rings. The Kier molecular flexibility index (Phi) is 12.8. The molecule has 0 bridgehead atoms. The Hall–Kier alpha value is -0.610. The number of unbranched alkanes of at least 4 members (excludes halogenated alkanes) is 1. The van der Waals surface area contributed by atoms with Crippen molar-refractivity contribution in [1.29, 1.82) is 0 Å². The molecule has 4 heteroatoms. The van der Waals surface area contributed by atoms with Crippen LogP contribution in [0.5, 0.6) is 0 Å². The Labute approximate surface area is 91.9 Å². The van der Waals surface area contributed by atoms with E-state index >= 15 is 0 Å². The molecular formula is C11H24O4. The van der Waals surface area contributed by atoms with E-state index in [0.717, 1.165) is 19.3 Å². The second-order valence-corrected chi connectivity index (χ2v) is 4.06. The zero-order chi connectivity index (χ0) is 12.3. The highest BCUT2D eigenvalue weighted by Gasteiger charge is 1.97. The monoisotopic (exact) mass is 220 g/mol. The van der Waals surface area contributed by atoms with Crippen LogP contribution < -0.4 is 0 Å². The van der Waals surface area contributed by atoms with E-state index in [4.69, 9.17) is 15.3 Å². The van der Waals surface area contributed by atoms with Crippen LogP contribution in [-0.2, 0) is 4.79 Å². The van der Waals surface area contributed by atoms with Crippen molar-refractivity contribution in [2.24, 2.45) is 5.92 Å². The van der Waals surface area contributed by atoms with Gasteiger partial charge in [0, 0.05) is 6.42 Å². The van der Waals surface area contributed by atoms with E-state index in [1.807, 2.05) is 0 Å². The van der Waals surface area contributed by atoms with Gasteiger partial charge in [-0.15, -0.1) is 0 Å². The topological polar surface area (TPSA) is 77.8 Å². The lowest BCUT2D eigenvalue weighted by Crippen LogP contribution is -2.03. The van der Waals surface area contributed by atoms with Crippen molar-refractivity contribution in [3.05, 3.63) is 0 Å². The normalized spacial score (nSPS) is 11.9. The van der Waals surface area contributed by atoms with Gasteiger partial charge in [-0.05, 0) is 19.3 Å². The number of carbonyl (C=O) groups is 1. The average molecular weight is 220 g/mol. The summed E-state index contributed by atoms with van der Waals surface area (Å²) >= 11 is 0. The number of aliphatic carboxylic acids is 1. The highest BCUT2D eigenvalue weighted by Crippen LogP contribution is 2.07. The number of aliphatic hydroxyl groups excluding tert-OH is 2. The van der Waals surface area contributed by atoms with Crippen molar-refractivity contribution in [3.63, 3.8) is 0 Å². The van der Waals surface area contributed by atoms with Crippen LogP contribution in [0.4, 0.5) is 0 Å². The van der Waals surface area contributed by atoms with E-state index in [1.165, 1.54) is 6.92 Å². The van der Waals surface area contributed by atoms with Gasteiger partial charge in [0.25, 0.3) is 0 Å². The number of hydrogen-bond donors (Lipinski definition) is 3. The summed E-state index contributed by atoms with van der Waals surface area (Å²) in [4.78, 5) is 10.0. The lowest BCUT2D eigenvalue weighted by Gasteiger charge is -2.01. The van der Waals surface area contributed by atoms with E-state index in [-0.39, 0.29) is 6.61 Å². The zero-order valence-corrected chi connectivity index (χ0v) is 9.94. The SMILES string of the molecule is CC(C)CCCCC(=O)O.CC(O)CO. The first-order chi connectivity index (χ1) is 6.90. The largest absolute Gasteiger partial charge is 0.481 e. The Morgan fingerprint density at radius 1 is 1.20 bits per heavy atom. The first-order valence-corrected chi connectivity index (χ1v) is 5.40. The minimum Gasteiger partial charge on any atom is -0.481 e. The molecule has 15 heavy (non-hydrogen) atoms. The summed E-state index contributed by atoms with van der Waals surface area (Å²) in [7, 11) is 0. The third kappa shape index (κ3) is 24.7. The minimum atomic E-state index is -0.677. The van der Waals surface area contributed by atoms with Gasteiger partial charge in [-0.25, -0.2) is 0 Å². The fourth-order valence-corrected chi connectivity index (χ4v) is 0.829. The van der Waals surface area contributed by atoms with Crippen molar-refractivity contribution in [1.82, 2.24) is 0 Å². The quantitative estimate of drug-likeness (QED) is 0.595. The Balaban J connectivity index is 0. The smallest absolute Gasteiger partial charge is 0.303 e. The molecule has 4 nitrogen and oxygen atoms in total. The molecule has 0 amide bonds. The van der Waals surface area contributed by atoms with E-state index in [0.29, 0.717) is 12.3 Å². The predicted molar refractivity (Wildman–Crippen MR) is 59.7 cm³/mol. The highest BCUT2D eigenvalue weighted by molar-refractivity contribution is 5.66. The van der Waals surface area contributed by atoms with Crippen molar-refractivity contribution >= 4 is 5.97 Å². The summed E-state index contributed by atoms with van der Waals surface area (Å²) in [6.07, 6.45) is 2.78. The highest BCUT2D eigenvalue weighted by atomic mass is 16.4. The van der Waals surface area contributed by atoms with Crippen molar-refractivity contribution in [3.8, 4) is 0 Å². The van der Waals surface area contributed by atoms with Crippen LogP contribution in [0.2, 0.25) is 0 Å². The molecular weight excluding hydrogens is 196 g/mol. The Morgan fingerprint density at radius 3 is 1.93 bits per heavy atom. The standard InChI is InChI=1S/C8H16O2.C3H8O2/c1-7(2)5-3-4-6-8(9)10;1-3(5)2-4/h7H,3-6H2,1-2H3,(H,9,10);3-5H,2H2,1H3. The molecule has 0 aliphatic heterocycles. The zero-order valence-electron chi connectivity index (χ0n) is 9.94. The number of aliphatic hydroxyl groups is 2. The van der Waals surface area contributed by atoms with Gasteiger partial charge in [-0.3, -0.25) is 4.79 Å². The van der Waals surface area contributed by atoms with Crippen molar-refractivity contribution in [2.75, 3.05) is 6.61 Å². The van der Waals surface area contributed by atoms with Crippen molar-refractivity contribution < 1.29 is 20.1 Å². The Morgan fingerprint density at radius 2 is 1.67 bits per heavy atom. The van der Waals surface area contributed by atoms with Gasteiger partial charge in [0.05, 0.1) is 12.7 Å². The van der Waals surface area contributed by atoms with Gasteiger partial charge < -0.3 is 15.3 Å². The first kappa shape index (κ1) is 16.8. The molecule has 92 valence electrons. The molecule has 0 spiro atoms. The molecule has 0 radical (unpaired) electrons. The maximum absolute atomic E-state index is 10.0. The van der Waals surface area contributed by atoms with Crippen LogP contribution in [-0.4, -0.2) is 34.0 Å². The van der Waals surface area contributed by atoms with Gasteiger partial charge in [-0.1, -0.05) is 26.7 Å². The van der Waals surface area contributed by atoms with E-state index in [1.54, 1.807) is 0 Å². The molecule has 0 heterocycles. The van der Waals surface area contributed by atoms with Crippen LogP contribution >= 0.6 is 0 Å². The third-order valence-electron chi connectivity index (χ3n) is 1.69. The molecule has 0 saturated carbocycles. The van der Waals surface area contributed by atoms with Crippen LogP contribution in [0.1, 0.15) is 46.5 Å². The lowest BCUT2D eigenvalue weighted by atomic mass is 10.1. The number of hydrogen-bond acceptors (Lipinski definition) is 3. The summed E-state index contributed by atoms with van der Waals surface area (Å²) in [6, 6.07) is 0. The molecule has 0 aliphatic rings. The summed E-state index contributed by atoms with van der Waals surface area (Å²) in [6.45, 7) is 5.70. The van der Waals surface area contributed by atoms with Crippen molar-refractivity contribution in [2.45, 2.75) is 52.6 Å². The van der Waals surface area contributed by atoms with E-state index in [9.17, 15) is 4.79 Å². The molecule has 3 N–H and O–H groups in total. The van der Waals surface area contributed by atoms with Crippen LogP contribution in [0.15, 0.2) is 0 Å². The second-order valence-electron chi connectivity index (χ2n) is 4.06. The molecule has 0 rings (SSSR count). The molecule has 0 fully saturated rings. The van der Waals surface area contributed by atoms with Gasteiger partial charge in [0.15, 0.2) is 0 Å². The molecule has 1 unspecified atom stereocenters. The van der Waals surface area contributed by atoms with Gasteiger partial charge >= 0.3 is 5.97 Å². The summed E-state index contributed by atoms with van der Waals surface area (Å²) in [5.41, 5.74) is 0. The van der Waals surface area contributed by atoms with Crippen LogP contribution in [0.3, 0.4) is 0 Å². The number of carboxylic acid groups (broad SMARTS) is 1. The van der Waals surface area contributed by atoms with E-state index < -0.39 is 12.1 Å². The minimum absolute atomic E-state index is 0.139. The van der Waals surface area contributed by atoms with Gasteiger partial charge in [-0.2, -0.15) is 0 Å². The maximum Gasteiger partial charge on any atom is 0.303 e. The third-order valence-corrected chi connectivity index (χ3v) is 1.69. The molecule has 0 aromatic carbocycles. The molecule has 0 aliphatic carbocycles. The Bertz CT molecular complexity index is 144. The average Bonchev–Trinajstić information content (AvgIpc) is 2.13. The van der Waals surface area contributed by atoms with Crippen LogP contribution in [0.25, 0.3) is 0 Å². The van der Waals surface area contributed by atoms with E-state index in [2.05, 4.69) is 13.8 Å². The summed E-state index contributed by atoms with van der Waals surface area (Å²) in [5, 5.41) is 24.3.